The molecule has 8 nitrogen and oxygen atoms in total. The van der Waals surface area contributed by atoms with E-state index >= 15 is 0 Å². The predicted octanol–water partition coefficient (Wildman–Crippen LogP) is 2.44. The smallest absolute Gasteiger partial charge is 0.243 e. The molecule has 1 fully saturated rings. The molecule has 1 saturated heterocycles. The van der Waals surface area contributed by atoms with Gasteiger partial charge in [-0.15, -0.1) is 10.2 Å². The van der Waals surface area contributed by atoms with Gasteiger partial charge in [0.15, 0.2) is 11.6 Å². The third kappa shape index (κ3) is 3.85. The van der Waals surface area contributed by atoms with Crippen molar-refractivity contribution in [2.24, 2.45) is 0 Å². The summed E-state index contributed by atoms with van der Waals surface area (Å²) in [6.07, 6.45) is 5.14. The zero-order chi connectivity index (χ0) is 20.6. The Morgan fingerprint density at radius 1 is 0.966 bits per heavy atom. The summed E-state index contributed by atoms with van der Waals surface area (Å²) in [6.45, 7) is 5.44. The second-order valence-electron chi connectivity index (χ2n) is 6.98. The molecule has 29 heavy (non-hydrogen) atoms. The van der Waals surface area contributed by atoms with Gasteiger partial charge < -0.3 is 4.90 Å². The lowest BCUT2D eigenvalue weighted by Gasteiger charge is -2.34. The topological polar surface area (TPSA) is 84.2 Å². The van der Waals surface area contributed by atoms with Crippen molar-refractivity contribution in [3.05, 3.63) is 59.1 Å². The molecule has 0 radical (unpaired) electrons. The number of imidazole rings is 1. The number of aromatic nitrogens is 4. The average Bonchev–Trinajstić information content (AvgIpc) is 3.26. The number of rotatable bonds is 4. The minimum absolute atomic E-state index is 0.317. The van der Waals surface area contributed by atoms with Gasteiger partial charge in [0.1, 0.15) is 6.33 Å². The van der Waals surface area contributed by atoms with Gasteiger partial charge in [-0.05, 0) is 49.2 Å². The van der Waals surface area contributed by atoms with Crippen LogP contribution in [-0.2, 0) is 10.0 Å². The molecule has 1 aliphatic heterocycles. The summed E-state index contributed by atoms with van der Waals surface area (Å²) in [6, 6.07) is 7.11. The summed E-state index contributed by atoms with van der Waals surface area (Å²) in [5, 5.41) is 9.09. The predicted molar refractivity (Wildman–Crippen MR) is 111 cm³/mol. The average molecular weight is 433 g/mol. The van der Waals surface area contributed by atoms with Gasteiger partial charge in [0.05, 0.1) is 4.90 Å². The fourth-order valence-electron chi connectivity index (χ4n) is 3.35. The van der Waals surface area contributed by atoms with Gasteiger partial charge >= 0.3 is 0 Å². The summed E-state index contributed by atoms with van der Waals surface area (Å²) < 4.78 is 29.5. The van der Waals surface area contributed by atoms with E-state index in [4.69, 9.17) is 11.6 Å². The van der Waals surface area contributed by atoms with Crippen molar-refractivity contribution in [3.63, 3.8) is 0 Å². The van der Waals surface area contributed by atoms with Gasteiger partial charge in [0.2, 0.25) is 10.0 Å². The lowest BCUT2D eigenvalue weighted by atomic mass is 10.2. The number of piperazine rings is 1. The fourth-order valence-corrected chi connectivity index (χ4v) is 5.28. The second kappa shape index (κ2) is 7.74. The lowest BCUT2D eigenvalue weighted by molar-refractivity contribution is 0.383. The fraction of sp³-hybridized carbons (Fsp3) is 0.316. The van der Waals surface area contributed by atoms with Crippen LogP contribution in [0.1, 0.15) is 11.1 Å². The highest BCUT2D eigenvalue weighted by atomic mass is 35.5. The number of hydrogen-bond donors (Lipinski definition) is 0. The molecule has 0 unspecified atom stereocenters. The van der Waals surface area contributed by atoms with E-state index in [9.17, 15) is 8.42 Å². The highest BCUT2D eigenvalue weighted by Gasteiger charge is 2.30. The number of hydrogen-bond acceptors (Lipinski definition) is 6. The van der Waals surface area contributed by atoms with Crippen LogP contribution >= 0.6 is 11.6 Å². The van der Waals surface area contributed by atoms with Crippen LogP contribution in [0.3, 0.4) is 0 Å². The zero-order valence-electron chi connectivity index (χ0n) is 16.2. The van der Waals surface area contributed by atoms with Crippen molar-refractivity contribution < 1.29 is 8.42 Å². The number of anilines is 1. The molecule has 0 saturated carbocycles. The highest BCUT2D eigenvalue weighted by molar-refractivity contribution is 7.89. The number of halogens is 1. The van der Waals surface area contributed by atoms with Crippen LogP contribution in [0.4, 0.5) is 5.82 Å². The third-order valence-corrected chi connectivity index (χ3v) is 7.49. The maximum absolute atomic E-state index is 13.1. The summed E-state index contributed by atoms with van der Waals surface area (Å²) in [4.78, 5) is 6.35. The Labute approximate surface area is 174 Å². The summed E-state index contributed by atoms with van der Waals surface area (Å²) in [5.74, 6) is 1.41. The normalized spacial score (nSPS) is 15.6. The van der Waals surface area contributed by atoms with Crippen LogP contribution in [0, 0.1) is 13.8 Å². The Morgan fingerprint density at radius 3 is 2.28 bits per heavy atom. The van der Waals surface area contributed by atoms with Crippen LogP contribution in [0.25, 0.3) is 5.82 Å². The first-order chi connectivity index (χ1) is 13.9. The van der Waals surface area contributed by atoms with Crippen LogP contribution in [0.5, 0.6) is 0 Å². The first-order valence-electron chi connectivity index (χ1n) is 9.20. The Kier molecular flexibility index (Phi) is 5.28. The van der Waals surface area contributed by atoms with Gasteiger partial charge in [-0.3, -0.25) is 4.57 Å². The molecular formula is C19H21ClN6O2S. The minimum atomic E-state index is -3.57. The maximum atomic E-state index is 13.1. The van der Waals surface area contributed by atoms with Crippen molar-refractivity contribution in [1.29, 1.82) is 0 Å². The summed E-state index contributed by atoms with van der Waals surface area (Å²) in [5.41, 5.74) is 1.41. The van der Waals surface area contributed by atoms with E-state index in [0.29, 0.717) is 47.5 Å². The van der Waals surface area contributed by atoms with E-state index in [1.807, 2.05) is 24.0 Å². The van der Waals surface area contributed by atoms with E-state index in [2.05, 4.69) is 15.2 Å². The third-order valence-electron chi connectivity index (χ3n) is 5.04. The van der Waals surface area contributed by atoms with Gasteiger partial charge in [0, 0.05) is 43.6 Å². The van der Waals surface area contributed by atoms with Gasteiger partial charge in [-0.2, -0.15) is 4.31 Å². The number of sulfonamides is 1. The maximum Gasteiger partial charge on any atom is 0.243 e. The van der Waals surface area contributed by atoms with E-state index in [1.54, 1.807) is 42.3 Å². The van der Waals surface area contributed by atoms with Crippen molar-refractivity contribution in [3.8, 4) is 5.82 Å². The largest absolute Gasteiger partial charge is 0.352 e. The highest BCUT2D eigenvalue weighted by Crippen LogP contribution is 2.27. The number of benzene rings is 1. The Balaban J connectivity index is 1.47. The molecule has 4 rings (SSSR count). The van der Waals surface area contributed by atoms with Crippen LogP contribution in [0.15, 0.2) is 47.9 Å². The van der Waals surface area contributed by atoms with Crippen molar-refractivity contribution in [2.75, 3.05) is 31.1 Å². The molecule has 3 heterocycles. The van der Waals surface area contributed by atoms with Crippen molar-refractivity contribution >= 4 is 27.4 Å². The minimum Gasteiger partial charge on any atom is -0.352 e. The molecule has 152 valence electrons. The monoisotopic (exact) mass is 432 g/mol. The molecule has 0 N–H and O–H groups in total. The molecular weight excluding hydrogens is 412 g/mol. The molecule has 0 bridgehead atoms. The van der Waals surface area contributed by atoms with E-state index in [-0.39, 0.29) is 0 Å². The first-order valence-corrected chi connectivity index (χ1v) is 11.0. The molecule has 0 spiro atoms. The zero-order valence-corrected chi connectivity index (χ0v) is 17.7. The summed E-state index contributed by atoms with van der Waals surface area (Å²) >= 11 is 6.12. The Morgan fingerprint density at radius 2 is 1.66 bits per heavy atom. The van der Waals surface area contributed by atoms with E-state index in [0.717, 1.165) is 11.4 Å². The molecule has 0 aliphatic carbocycles. The number of nitrogens with zero attached hydrogens (tertiary/aromatic N) is 6. The Hall–Kier alpha value is -2.49. The lowest BCUT2D eigenvalue weighted by Crippen LogP contribution is -2.49. The van der Waals surface area contributed by atoms with E-state index < -0.39 is 10.0 Å². The quantitative estimate of drug-likeness (QED) is 0.629. The number of aryl methyl sites for hydroxylation is 2. The molecule has 1 aliphatic rings. The molecule has 2 aromatic heterocycles. The molecule has 3 aromatic rings. The standard InChI is InChI=1S/C19H21ClN6O2S/c1-14-12-17(15(2)11-16(14)20)29(27,28)26-9-7-24(8-10-26)18-3-4-19(23-22-18)25-6-5-21-13-25/h3-6,11-13H,7-10H2,1-2H3. The molecule has 0 atom stereocenters. The Bertz CT molecular complexity index is 1110. The summed E-state index contributed by atoms with van der Waals surface area (Å²) in [7, 11) is -3.57. The van der Waals surface area contributed by atoms with Crippen LogP contribution in [0.2, 0.25) is 5.02 Å². The first kappa shape index (κ1) is 19.8. The van der Waals surface area contributed by atoms with Crippen molar-refractivity contribution in [1.82, 2.24) is 24.1 Å². The van der Waals surface area contributed by atoms with Gasteiger partial charge in [0.25, 0.3) is 0 Å². The van der Waals surface area contributed by atoms with Crippen molar-refractivity contribution in [2.45, 2.75) is 18.7 Å². The van der Waals surface area contributed by atoms with Gasteiger partial charge in [-0.1, -0.05) is 11.6 Å². The van der Waals surface area contributed by atoms with Crippen LogP contribution in [-0.4, -0.2) is 58.7 Å². The van der Waals surface area contributed by atoms with Crippen LogP contribution < -0.4 is 4.90 Å². The van der Waals surface area contributed by atoms with Gasteiger partial charge in [-0.25, -0.2) is 13.4 Å². The molecule has 1 aromatic carbocycles. The SMILES string of the molecule is Cc1cc(S(=O)(=O)N2CCN(c3ccc(-n4ccnc4)nn3)CC2)c(C)cc1Cl. The molecule has 10 heteroatoms. The van der Waals surface area contributed by atoms with E-state index in [1.165, 1.54) is 4.31 Å². The molecule has 0 amide bonds. The second-order valence-corrected chi connectivity index (χ2v) is 9.29.